The van der Waals surface area contributed by atoms with E-state index in [-0.39, 0.29) is 6.54 Å². The van der Waals surface area contributed by atoms with E-state index in [1.807, 2.05) is 0 Å². The summed E-state index contributed by atoms with van der Waals surface area (Å²) in [6.07, 6.45) is -3.36. The average molecular weight is 413 g/mol. The summed E-state index contributed by atoms with van der Waals surface area (Å²) in [6.45, 7) is 0.286. The molecule has 1 aromatic carbocycles. The molecule has 2 heterocycles. The van der Waals surface area contributed by atoms with Crippen LogP contribution in [0.1, 0.15) is 5.69 Å². The molecule has 0 saturated carbocycles. The molecule has 0 spiro atoms. The third kappa shape index (κ3) is 3.91. The Morgan fingerprint density at radius 2 is 1.93 bits per heavy atom. The first kappa shape index (κ1) is 20.0. The minimum absolute atomic E-state index is 0.0668. The van der Waals surface area contributed by atoms with Gasteiger partial charge in [-0.1, -0.05) is 11.6 Å². The van der Waals surface area contributed by atoms with Gasteiger partial charge in [-0.05, 0) is 31.2 Å². The first-order valence-electron chi connectivity index (χ1n) is 8.23. The number of carbonyl (C=O) groups is 1. The SMILES string of the molecule is COC(=O)Cn1c(C)c(-c2ccc(=O)n(CC(F)(F)F)c2)c2cc(Cl)ccc21. The average Bonchev–Trinajstić information content (AvgIpc) is 2.87. The van der Waals surface area contributed by atoms with Gasteiger partial charge in [0.2, 0.25) is 0 Å². The van der Waals surface area contributed by atoms with Crippen molar-refractivity contribution < 1.29 is 22.7 Å². The van der Waals surface area contributed by atoms with Gasteiger partial charge in [0.05, 0.1) is 7.11 Å². The molecule has 0 aliphatic carbocycles. The van der Waals surface area contributed by atoms with Gasteiger partial charge in [-0.3, -0.25) is 9.59 Å². The molecule has 0 aliphatic heterocycles. The minimum atomic E-state index is -4.53. The highest BCUT2D eigenvalue weighted by Gasteiger charge is 2.28. The topological polar surface area (TPSA) is 53.2 Å². The molecule has 0 unspecified atom stereocenters. The summed E-state index contributed by atoms with van der Waals surface area (Å²) in [4.78, 5) is 23.7. The number of alkyl halides is 3. The molecule has 0 radical (unpaired) electrons. The van der Waals surface area contributed by atoms with Crippen LogP contribution in [0.25, 0.3) is 22.0 Å². The van der Waals surface area contributed by atoms with Crippen LogP contribution in [0.3, 0.4) is 0 Å². The summed E-state index contributed by atoms with van der Waals surface area (Å²) >= 11 is 6.11. The van der Waals surface area contributed by atoms with Crippen LogP contribution in [0.2, 0.25) is 5.02 Å². The molecule has 5 nitrogen and oxygen atoms in total. The van der Waals surface area contributed by atoms with Crippen molar-refractivity contribution in [1.82, 2.24) is 9.13 Å². The Labute approximate surface area is 162 Å². The van der Waals surface area contributed by atoms with Gasteiger partial charge in [0, 0.05) is 45.0 Å². The molecule has 3 aromatic rings. The number of halogens is 4. The third-order valence-electron chi connectivity index (χ3n) is 4.42. The van der Waals surface area contributed by atoms with Crippen molar-refractivity contribution in [3.8, 4) is 11.1 Å². The lowest BCUT2D eigenvalue weighted by atomic mass is 10.0. The molecule has 148 valence electrons. The van der Waals surface area contributed by atoms with Gasteiger partial charge < -0.3 is 13.9 Å². The Bertz CT molecular complexity index is 1120. The van der Waals surface area contributed by atoms with E-state index in [1.165, 1.54) is 19.4 Å². The number of pyridine rings is 1. The zero-order valence-corrected chi connectivity index (χ0v) is 15.8. The van der Waals surface area contributed by atoms with Crippen LogP contribution in [0.5, 0.6) is 0 Å². The predicted octanol–water partition coefficient (Wildman–Crippen LogP) is 4.17. The second-order valence-corrected chi connectivity index (χ2v) is 6.72. The van der Waals surface area contributed by atoms with E-state index < -0.39 is 24.2 Å². The standard InChI is InChI=1S/C19H16ClF3N2O3/c1-11-18(12-3-6-16(26)24(8-12)10-19(21,22)23)14-7-13(20)4-5-15(14)25(11)9-17(27)28-2/h3-8H,9-10H2,1-2H3. The molecule has 0 N–H and O–H groups in total. The number of nitrogens with zero attached hydrogens (tertiary/aromatic N) is 2. The van der Waals surface area contributed by atoms with Gasteiger partial charge in [-0.2, -0.15) is 13.2 Å². The van der Waals surface area contributed by atoms with E-state index in [0.29, 0.717) is 37.3 Å². The molecule has 0 aliphatic rings. The predicted molar refractivity (Wildman–Crippen MR) is 99.5 cm³/mol. The zero-order chi connectivity index (χ0) is 20.6. The zero-order valence-electron chi connectivity index (χ0n) is 15.0. The number of methoxy groups -OCH3 is 1. The summed E-state index contributed by atoms with van der Waals surface area (Å²) < 4.78 is 45.4. The molecule has 0 atom stereocenters. The van der Waals surface area contributed by atoms with Gasteiger partial charge in [0.15, 0.2) is 0 Å². The molecule has 0 saturated heterocycles. The molecule has 9 heteroatoms. The van der Waals surface area contributed by atoms with E-state index in [0.717, 1.165) is 6.07 Å². The van der Waals surface area contributed by atoms with E-state index in [2.05, 4.69) is 0 Å². The van der Waals surface area contributed by atoms with Gasteiger partial charge >= 0.3 is 12.1 Å². The number of hydrogen-bond donors (Lipinski definition) is 0. The summed E-state index contributed by atoms with van der Waals surface area (Å²) in [5.74, 6) is -0.469. The number of rotatable bonds is 4. The molecule has 0 amide bonds. The Balaban J connectivity index is 2.24. The van der Waals surface area contributed by atoms with Crippen molar-refractivity contribution in [3.63, 3.8) is 0 Å². The monoisotopic (exact) mass is 412 g/mol. The third-order valence-corrected chi connectivity index (χ3v) is 4.66. The normalized spacial score (nSPS) is 11.8. The second-order valence-electron chi connectivity index (χ2n) is 6.28. The van der Waals surface area contributed by atoms with E-state index in [4.69, 9.17) is 16.3 Å². The van der Waals surface area contributed by atoms with Gasteiger partial charge in [-0.15, -0.1) is 0 Å². The smallest absolute Gasteiger partial charge is 0.406 e. The van der Waals surface area contributed by atoms with Crippen LogP contribution in [-0.2, 0) is 22.6 Å². The summed E-state index contributed by atoms with van der Waals surface area (Å²) in [5.41, 5.74) is 1.57. The first-order valence-corrected chi connectivity index (χ1v) is 8.61. The lowest BCUT2D eigenvalue weighted by Crippen LogP contribution is -2.27. The Hall–Kier alpha value is -2.74. The maximum absolute atomic E-state index is 12.8. The summed E-state index contributed by atoms with van der Waals surface area (Å²) in [5, 5.41) is 1.10. The molecule has 28 heavy (non-hydrogen) atoms. The minimum Gasteiger partial charge on any atom is -0.468 e. The molecular formula is C19H16ClF3N2O3. The van der Waals surface area contributed by atoms with Crippen molar-refractivity contribution in [1.29, 1.82) is 0 Å². The second kappa shape index (κ2) is 7.35. The molecular weight excluding hydrogens is 397 g/mol. The molecule has 0 fully saturated rings. The van der Waals surface area contributed by atoms with Crippen molar-refractivity contribution >= 4 is 28.5 Å². The largest absolute Gasteiger partial charge is 0.468 e. The first-order chi connectivity index (χ1) is 13.1. The van der Waals surface area contributed by atoms with Crippen LogP contribution in [0, 0.1) is 6.92 Å². The number of benzene rings is 1. The highest BCUT2D eigenvalue weighted by atomic mass is 35.5. The number of esters is 1. The Morgan fingerprint density at radius 1 is 1.21 bits per heavy atom. The number of hydrogen-bond acceptors (Lipinski definition) is 3. The number of carbonyl (C=O) groups excluding carboxylic acids is 1. The maximum Gasteiger partial charge on any atom is 0.406 e. The number of aromatic nitrogens is 2. The fourth-order valence-corrected chi connectivity index (χ4v) is 3.38. The van der Waals surface area contributed by atoms with Crippen LogP contribution < -0.4 is 5.56 Å². The summed E-state index contributed by atoms with van der Waals surface area (Å²) in [6, 6.07) is 7.61. The fourth-order valence-electron chi connectivity index (χ4n) is 3.21. The highest BCUT2D eigenvalue weighted by Crippen LogP contribution is 2.36. The van der Waals surface area contributed by atoms with E-state index in [9.17, 15) is 22.8 Å². The fraction of sp³-hybridized carbons (Fsp3) is 0.263. The number of ether oxygens (including phenoxy) is 1. The van der Waals surface area contributed by atoms with Crippen molar-refractivity contribution in [2.75, 3.05) is 7.11 Å². The van der Waals surface area contributed by atoms with Gasteiger partial charge in [0.25, 0.3) is 5.56 Å². The van der Waals surface area contributed by atoms with Crippen LogP contribution in [0.15, 0.2) is 41.3 Å². The number of fused-ring (bicyclic) bond motifs is 1. The quantitative estimate of drug-likeness (QED) is 0.604. The van der Waals surface area contributed by atoms with Crippen molar-refractivity contribution in [3.05, 3.63) is 57.6 Å². The lowest BCUT2D eigenvalue weighted by molar-refractivity contribution is -0.142. The van der Waals surface area contributed by atoms with Crippen LogP contribution in [0.4, 0.5) is 13.2 Å². The van der Waals surface area contributed by atoms with Crippen molar-refractivity contribution in [2.24, 2.45) is 0 Å². The van der Waals surface area contributed by atoms with Gasteiger partial charge in [0.1, 0.15) is 13.1 Å². The Kier molecular flexibility index (Phi) is 5.25. The Morgan fingerprint density at radius 3 is 2.57 bits per heavy atom. The summed E-state index contributed by atoms with van der Waals surface area (Å²) in [7, 11) is 1.27. The van der Waals surface area contributed by atoms with Crippen LogP contribution in [-0.4, -0.2) is 28.4 Å². The van der Waals surface area contributed by atoms with E-state index >= 15 is 0 Å². The molecule has 3 rings (SSSR count). The maximum atomic E-state index is 12.8. The molecule has 0 bridgehead atoms. The highest BCUT2D eigenvalue weighted by molar-refractivity contribution is 6.31. The molecule has 2 aromatic heterocycles. The van der Waals surface area contributed by atoms with Gasteiger partial charge in [-0.25, -0.2) is 0 Å². The van der Waals surface area contributed by atoms with Crippen LogP contribution >= 0.6 is 11.6 Å². The lowest BCUT2D eigenvalue weighted by Gasteiger charge is -2.11. The van der Waals surface area contributed by atoms with Crippen molar-refractivity contribution in [2.45, 2.75) is 26.2 Å². The van der Waals surface area contributed by atoms with E-state index in [1.54, 1.807) is 29.7 Å².